The number of ether oxygens (including phenoxy) is 2. The molecule has 9 heteroatoms. The largest absolute Gasteiger partial charge is 0.490 e. The molecular weight excluding hydrogens is 501 g/mol. The Labute approximate surface area is 219 Å². The molecular formula is C27H23Cl2N3O4. The molecule has 3 aromatic carbocycles. The molecule has 2 amide bonds. The van der Waals surface area contributed by atoms with Crippen LogP contribution in [0.25, 0.3) is 6.08 Å². The van der Waals surface area contributed by atoms with E-state index >= 15 is 0 Å². The molecule has 0 radical (unpaired) electrons. The van der Waals surface area contributed by atoms with Crippen LogP contribution in [0.15, 0.2) is 66.2 Å². The summed E-state index contributed by atoms with van der Waals surface area (Å²) in [6.07, 6.45) is 1.38. The second-order valence-corrected chi connectivity index (χ2v) is 8.44. The average molecular weight is 524 g/mol. The molecule has 0 aliphatic rings. The lowest BCUT2D eigenvalue weighted by atomic mass is 10.1. The summed E-state index contributed by atoms with van der Waals surface area (Å²) >= 11 is 12.3. The van der Waals surface area contributed by atoms with Gasteiger partial charge in [0.2, 0.25) is 0 Å². The third kappa shape index (κ3) is 7.51. The first-order chi connectivity index (χ1) is 17.3. The number of carbonyl (C=O) groups excluding carboxylic acids is 2. The smallest absolute Gasteiger partial charge is 0.266 e. The predicted octanol–water partition coefficient (Wildman–Crippen LogP) is 6.26. The van der Waals surface area contributed by atoms with Crippen LogP contribution < -0.4 is 20.1 Å². The Bertz CT molecular complexity index is 1330. The molecule has 3 rings (SSSR count). The molecule has 0 atom stereocenters. The first-order valence-electron chi connectivity index (χ1n) is 10.9. The van der Waals surface area contributed by atoms with Gasteiger partial charge in [-0.3, -0.25) is 9.59 Å². The van der Waals surface area contributed by atoms with Crippen LogP contribution >= 0.6 is 23.2 Å². The van der Waals surface area contributed by atoms with Crippen molar-refractivity contribution >= 4 is 52.5 Å². The first kappa shape index (κ1) is 26.6. The number of nitrogens with one attached hydrogen (secondary N) is 2. The van der Waals surface area contributed by atoms with E-state index in [1.165, 1.54) is 12.1 Å². The minimum absolute atomic E-state index is 0.144. The molecule has 0 aliphatic carbocycles. The van der Waals surface area contributed by atoms with Crippen molar-refractivity contribution in [1.82, 2.24) is 0 Å². The second-order valence-electron chi connectivity index (χ2n) is 7.60. The predicted molar refractivity (Wildman–Crippen MR) is 142 cm³/mol. The number of nitrogens with zero attached hydrogens (tertiary/aromatic N) is 1. The topological polar surface area (TPSA) is 100 Å². The van der Waals surface area contributed by atoms with Crippen LogP contribution in [0.2, 0.25) is 10.0 Å². The number of nitriles is 1. The van der Waals surface area contributed by atoms with Crippen molar-refractivity contribution in [3.05, 3.63) is 87.4 Å². The summed E-state index contributed by atoms with van der Waals surface area (Å²) in [5.41, 5.74) is 2.46. The van der Waals surface area contributed by atoms with Crippen molar-refractivity contribution in [3.63, 3.8) is 0 Å². The monoisotopic (exact) mass is 523 g/mol. The van der Waals surface area contributed by atoms with Gasteiger partial charge in [0, 0.05) is 16.4 Å². The number of rotatable bonds is 9. The number of hydrogen-bond donors (Lipinski definition) is 2. The van der Waals surface area contributed by atoms with Crippen LogP contribution in [0.3, 0.4) is 0 Å². The van der Waals surface area contributed by atoms with E-state index in [2.05, 4.69) is 10.6 Å². The highest BCUT2D eigenvalue weighted by molar-refractivity contribution is 6.32. The second kappa shape index (κ2) is 12.6. The molecule has 36 heavy (non-hydrogen) atoms. The number of aryl methyl sites for hydroxylation is 1. The Balaban J connectivity index is 1.76. The summed E-state index contributed by atoms with van der Waals surface area (Å²) in [6.45, 7) is 3.72. The van der Waals surface area contributed by atoms with Crippen LogP contribution in [0.5, 0.6) is 11.5 Å². The lowest BCUT2D eigenvalue weighted by molar-refractivity contribution is -0.118. The maximum atomic E-state index is 12.6. The van der Waals surface area contributed by atoms with E-state index in [-0.39, 0.29) is 34.6 Å². The third-order valence-corrected chi connectivity index (χ3v) is 5.29. The molecule has 2 N–H and O–H groups in total. The third-order valence-electron chi connectivity index (χ3n) is 4.76. The lowest BCUT2D eigenvalue weighted by Crippen LogP contribution is -2.20. The van der Waals surface area contributed by atoms with Crippen LogP contribution in [-0.2, 0) is 9.59 Å². The van der Waals surface area contributed by atoms with Gasteiger partial charge in [-0.25, -0.2) is 0 Å². The Morgan fingerprint density at radius 2 is 1.75 bits per heavy atom. The van der Waals surface area contributed by atoms with Crippen LogP contribution in [0.1, 0.15) is 18.1 Å². The molecule has 184 valence electrons. The Hall–Kier alpha value is -3.99. The van der Waals surface area contributed by atoms with Gasteiger partial charge in [-0.05, 0) is 79.6 Å². The van der Waals surface area contributed by atoms with E-state index in [4.69, 9.17) is 32.7 Å². The quantitative estimate of drug-likeness (QED) is 0.254. The fourth-order valence-electron chi connectivity index (χ4n) is 3.18. The van der Waals surface area contributed by atoms with Gasteiger partial charge in [-0.15, -0.1) is 0 Å². The Morgan fingerprint density at radius 3 is 2.42 bits per heavy atom. The lowest BCUT2D eigenvalue weighted by Gasteiger charge is -2.15. The fraction of sp³-hybridized carbons (Fsp3) is 0.148. The van der Waals surface area contributed by atoms with E-state index in [9.17, 15) is 14.9 Å². The summed E-state index contributed by atoms with van der Waals surface area (Å²) in [5.74, 6) is -0.509. The van der Waals surface area contributed by atoms with Crippen LogP contribution in [0.4, 0.5) is 11.4 Å². The van der Waals surface area contributed by atoms with E-state index in [0.29, 0.717) is 28.6 Å². The summed E-state index contributed by atoms with van der Waals surface area (Å²) in [4.78, 5) is 24.9. The van der Waals surface area contributed by atoms with E-state index in [0.717, 1.165) is 5.56 Å². The van der Waals surface area contributed by atoms with Gasteiger partial charge in [0.1, 0.15) is 11.6 Å². The molecule has 0 spiro atoms. The molecule has 0 bridgehead atoms. The maximum absolute atomic E-state index is 12.6. The normalized spacial score (nSPS) is 10.8. The highest BCUT2D eigenvalue weighted by Gasteiger charge is 2.16. The number of hydrogen-bond acceptors (Lipinski definition) is 5. The van der Waals surface area contributed by atoms with Gasteiger partial charge >= 0.3 is 0 Å². The summed E-state index contributed by atoms with van der Waals surface area (Å²) in [6, 6.07) is 18.9. The number of carbonyl (C=O) groups is 2. The maximum Gasteiger partial charge on any atom is 0.266 e. The van der Waals surface area contributed by atoms with Gasteiger partial charge in [-0.1, -0.05) is 35.3 Å². The van der Waals surface area contributed by atoms with E-state index in [1.807, 2.05) is 31.2 Å². The molecule has 0 saturated carbocycles. The van der Waals surface area contributed by atoms with Crippen LogP contribution in [-0.4, -0.2) is 25.0 Å². The first-order valence-corrected chi connectivity index (χ1v) is 11.7. The number of anilines is 2. The molecule has 0 aliphatic heterocycles. The SMILES string of the molecule is CCOc1cc(/C=C(\C#N)C(=O)Nc2ccc(Cl)cc2)cc(Cl)c1OCC(=O)Nc1cccc(C)c1. The minimum atomic E-state index is -0.595. The van der Waals surface area contributed by atoms with Crippen molar-refractivity contribution < 1.29 is 19.1 Å². The van der Waals surface area contributed by atoms with E-state index < -0.39 is 5.91 Å². The molecule has 0 heterocycles. The van der Waals surface area contributed by atoms with Crippen molar-refractivity contribution in [3.8, 4) is 17.6 Å². The molecule has 0 saturated heterocycles. The van der Waals surface area contributed by atoms with Crippen molar-refractivity contribution in [2.45, 2.75) is 13.8 Å². The fourth-order valence-corrected chi connectivity index (χ4v) is 3.58. The summed E-state index contributed by atoms with van der Waals surface area (Å²) in [7, 11) is 0. The summed E-state index contributed by atoms with van der Waals surface area (Å²) in [5, 5.41) is 15.6. The molecule has 0 unspecified atom stereocenters. The van der Waals surface area contributed by atoms with Gasteiger partial charge in [0.05, 0.1) is 11.6 Å². The minimum Gasteiger partial charge on any atom is -0.490 e. The van der Waals surface area contributed by atoms with Gasteiger partial charge < -0.3 is 20.1 Å². The highest BCUT2D eigenvalue weighted by atomic mass is 35.5. The molecule has 0 fully saturated rings. The zero-order valence-corrected chi connectivity index (χ0v) is 21.1. The summed E-state index contributed by atoms with van der Waals surface area (Å²) < 4.78 is 11.3. The van der Waals surface area contributed by atoms with Gasteiger partial charge in [0.25, 0.3) is 11.8 Å². The Kier molecular flexibility index (Phi) is 9.34. The van der Waals surface area contributed by atoms with Gasteiger partial charge in [-0.2, -0.15) is 5.26 Å². The molecule has 7 nitrogen and oxygen atoms in total. The van der Waals surface area contributed by atoms with Gasteiger partial charge in [0.15, 0.2) is 18.1 Å². The average Bonchev–Trinajstić information content (AvgIpc) is 2.83. The van der Waals surface area contributed by atoms with E-state index in [1.54, 1.807) is 43.3 Å². The molecule has 0 aromatic heterocycles. The number of amides is 2. The standard InChI is InChI=1S/C27H23Cl2N3O4/c1-3-35-24-14-18(12-19(15-30)27(34)32-21-9-7-20(28)8-10-21)13-23(29)26(24)36-16-25(33)31-22-6-4-5-17(2)11-22/h4-14H,3,16H2,1-2H3,(H,31,33)(H,32,34)/b19-12+. The van der Waals surface area contributed by atoms with Crippen molar-refractivity contribution in [2.24, 2.45) is 0 Å². The van der Waals surface area contributed by atoms with Crippen molar-refractivity contribution in [2.75, 3.05) is 23.8 Å². The van der Waals surface area contributed by atoms with Crippen molar-refractivity contribution in [1.29, 1.82) is 5.26 Å². The zero-order chi connectivity index (χ0) is 26.1. The van der Waals surface area contributed by atoms with Crippen LogP contribution in [0, 0.1) is 18.3 Å². The molecule has 3 aromatic rings. The zero-order valence-electron chi connectivity index (χ0n) is 19.6. The highest BCUT2D eigenvalue weighted by Crippen LogP contribution is 2.37. The Morgan fingerprint density at radius 1 is 1.00 bits per heavy atom. The number of halogens is 2. The number of benzene rings is 3.